The molecule has 0 saturated carbocycles. The molecule has 1 saturated heterocycles. The Morgan fingerprint density at radius 1 is 1.60 bits per heavy atom. The predicted octanol–water partition coefficient (Wildman–Crippen LogP) is 1.70. The highest BCUT2D eigenvalue weighted by Gasteiger charge is 2.27. The lowest BCUT2D eigenvalue weighted by Crippen LogP contribution is -2.39. The van der Waals surface area contributed by atoms with Crippen molar-refractivity contribution >= 4 is 28.2 Å². The lowest BCUT2D eigenvalue weighted by molar-refractivity contribution is 0.0870. The van der Waals surface area contributed by atoms with Crippen LogP contribution in [0.4, 0.5) is 10.9 Å². The highest BCUT2D eigenvalue weighted by atomic mass is 32.1. The number of amides is 1. The minimum atomic E-state index is -0.167. The van der Waals surface area contributed by atoms with Crippen molar-refractivity contribution in [3.63, 3.8) is 0 Å². The van der Waals surface area contributed by atoms with Crippen molar-refractivity contribution in [2.45, 2.75) is 39.3 Å². The molecular formula is C13H22N4O2S. The number of carbonyl (C=O) groups is 1. The number of rotatable bonds is 5. The smallest absolute Gasteiger partial charge is 0.265 e. The zero-order valence-electron chi connectivity index (χ0n) is 12.1. The van der Waals surface area contributed by atoms with E-state index in [4.69, 9.17) is 10.5 Å². The zero-order chi connectivity index (χ0) is 14.7. The maximum absolute atomic E-state index is 12.2. The van der Waals surface area contributed by atoms with Crippen LogP contribution in [0.15, 0.2) is 0 Å². The molecule has 1 fully saturated rings. The number of carbonyl (C=O) groups excluding carboxylic acids is 1. The molecule has 7 heteroatoms. The molecule has 2 unspecified atom stereocenters. The number of thiazole rings is 1. The third-order valence-electron chi connectivity index (χ3n) is 3.21. The molecule has 112 valence electrons. The summed E-state index contributed by atoms with van der Waals surface area (Å²) >= 11 is 1.29. The Kier molecular flexibility index (Phi) is 4.82. The van der Waals surface area contributed by atoms with Gasteiger partial charge in [0.15, 0.2) is 5.13 Å². The fraction of sp³-hybridized carbons (Fsp3) is 0.692. The number of nitrogens with two attached hydrogens (primary N) is 1. The Balaban J connectivity index is 1.98. The summed E-state index contributed by atoms with van der Waals surface area (Å²) in [6.45, 7) is 7.68. The fourth-order valence-corrected chi connectivity index (χ4v) is 2.81. The number of hydrogen-bond donors (Lipinski definition) is 3. The van der Waals surface area contributed by atoms with Gasteiger partial charge in [-0.15, -0.1) is 0 Å². The van der Waals surface area contributed by atoms with Gasteiger partial charge >= 0.3 is 0 Å². The second-order valence-corrected chi connectivity index (χ2v) is 6.45. The van der Waals surface area contributed by atoms with Crippen LogP contribution < -0.4 is 16.4 Å². The van der Waals surface area contributed by atoms with Crippen molar-refractivity contribution < 1.29 is 9.53 Å². The van der Waals surface area contributed by atoms with Gasteiger partial charge in [-0.1, -0.05) is 25.2 Å². The quantitative estimate of drug-likeness (QED) is 0.770. The van der Waals surface area contributed by atoms with Gasteiger partial charge in [0, 0.05) is 13.2 Å². The summed E-state index contributed by atoms with van der Waals surface area (Å²) in [5, 5.41) is 6.84. The van der Waals surface area contributed by atoms with E-state index in [1.165, 1.54) is 11.3 Å². The Morgan fingerprint density at radius 2 is 2.35 bits per heavy atom. The largest absolute Gasteiger partial charge is 0.382 e. The van der Waals surface area contributed by atoms with Gasteiger partial charge < -0.3 is 21.1 Å². The number of nitrogen functional groups attached to an aromatic ring is 1. The minimum Gasteiger partial charge on any atom is -0.382 e. The van der Waals surface area contributed by atoms with E-state index in [2.05, 4.69) is 29.5 Å². The third-order valence-corrected chi connectivity index (χ3v) is 4.24. The van der Waals surface area contributed by atoms with Gasteiger partial charge in [-0.2, -0.15) is 0 Å². The first kappa shape index (κ1) is 15.1. The molecule has 4 N–H and O–H groups in total. The zero-order valence-corrected chi connectivity index (χ0v) is 12.9. The van der Waals surface area contributed by atoms with Crippen LogP contribution in [0.25, 0.3) is 0 Å². The number of anilines is 2. The van der Waals surface area contributed by atoms with Crippen molar-refractivity contribution in [1.29, 1.82) is 0 Å². The first-order valence-electron chi connectivity index (χ1n) is 6.90. The van der Waals surface area contributed by atoms with Crippen LogP contribution >= 0.6 is 11.3 Å². The summed E-state index contributed by atoms with van der Waals surface area (Å²) in [5.41, 5.74) is 5.82. The van der Waals surface area contributed by atoms with E-state index in [9.17, 15) is 4.79 Å². The molecule has 2 heterocycles. The average Bonchev–Trinajstić information content (AvgIpc) is 2.94. The van der Waals surface area contributed by atoms with Gasteiger partial charge in [0.05, 0.1) is 12.1 Å². The molecule has 1 aliphatic rings. The molecule has 1 amide bonds. The van der Waals surface area contributed by atoms with E-state index in [1.54, 1.807) is 0 Å². The fourth-order valence-electron chi connectivity index (χ4n) is 2.02. The molecule has 0 bridgehead atoms. The summed E-state index contributed by atoms with van der Waals surface area (Å²) < 4.78 is 5.43. The molecule has 0 radical (unpaired) electrons. The molecule has 1 aromatic heterocycles. The summed E-state index contributed by atoms with van der Waals surface area (Å²) in [7, 11) is 0. The van der Waals surface area contributed by atoms with Crippen LogP contribution in [-0.2, 0) is 4.74 Å². The van der Waals surface area contributed by atoms with Gasteiger partial charge in [0.1, 0.15) is 10.7 Å². The molecule has 0 aromatic carbocycles. The molecule has 2 rings (SSSR count). The van der Waals surface area contributed by atoms with Crippen molar-refractivity contribution in [1.82, 2.24) is 10.3 Å². The van der Waals surface area contributed by atoms with Crippen molar-refractivity contribution in [3.8, 4) is 0 Å². The molecule has 0 spiro atoms. The second kappa shape index (κ2) is 6.41. The number of hydrogen-bond acceptors (Lipinski definition) is 6. The molecule has 1 aliphatic heterocycles. The van der Waals surface area contributed by atoms with Gasteiger partial charge in [0.2, 0.25) is 0 Å². The van der Waals surface area contributed by atoms with Crippen LogP contribution in [0, 0.1) is 5.92 Å². The predicted molar refractivity (Wildman–Crippen MR) is 81.1 cm³/mol. The van der Waals surface area contributed by atoms with E-state index in [-0.39, 0.29) is 23.9 Å². The Labute approximate surface area is 123 Å². The number of aromatic nitrogens is 1. The molecule has 0 aliphatic carbocycles. The number of nitrogens with zero attached hydrogens (tertiary/aromatic N) is 1. The highest BCUT2D eigenvalue weighted by molar-refractivity contribution is 7.18. The van der Waals surface area contributed by atoms with Crippen LogP contribution in [0.2, 0.25) is 0 Å². The maximum atomic E-state index is 12.2. The van der Waals surface area contributed by atoms with E-state index in [1.807, 2.05) is 6.92 Å². The van der Waals surface area contributed by atoms with Gasteiger partial charge in [-0.05, 0) is 19.3 Å². The summed E-state index contributed by atoms with van der Waals surface area (Å²) in [5.74, 6) is 0.624. The molecule has 20 heavy (non-hydrogen) atoms. The lowest BCUT2D eigenvalue weighted by Gasteiger charge is -2.15. The van der Waals surface area contributed by atoms with E-state index in [0.717, 1.165) is 13.0 Å². The van der Waals surface area contributed by atoms with Crippen molar-refractivity contribution in [3.05, 3.63) is 4.88 Å². The minimum absolute atomic E-state index is 0.0478. The first-order valence-corrected chi connectivity index (χ1v) is 7.71. The SMILES string of the molecule is CC(C)CNc1nc(N)c(C(=O)NC2CCOC2C)s1. The van der Waals surface area contributed by atoms with Crippen LogP contribution in [0.1, 0.15) is 36.9 Å². The summed E-state index contributed by atoms with van der Waals surface area (Å²) in [4.78, 5) is 16.9. The Hall–Kier alpha value is -1.34. The van der Waals surface area contributed by atoms with Gasteiger partial charge in [-0.25, -0.2) is 4.98 Å². The van der Waals surface area contributed by atoms with Crippen LogP contribution in [-0.4, -0.2) is 36.2 Å². The van der Waals surface area contributed by atoms with Crippen molar-refractivity contribution in [2.75, 3.05) is 24.2 Å². The number of ether oxygens (including phenoxy) is 1. The van der Waals surface area contributed by atoms with E-state index in [0.29, 0.717) is 22.5 Å². The van der Waals surface area contributed by atoms with Gasteiger partial charge in [-0.3, -0.25) is 4.79 Å². The Morgan fingerprint density at radius 3 is 2.95 bits per heavy atom. The molecule has 1 aromatic rings. The standard InChI is InChI=1S/C13H22N4O2S/c1-7(2)6-15-13-17-11(14)10(20-13)12(18)16-9-4-5-19-8(9)3/h7-9H,4-6,14H2,1-3H3,(H,15,17)(H,16,18). The topological polar surface area (TPSA) is 89.3 Å². The van der Waals surface area contributed by atoms with Gasteiger partial charge in [0.25, 0.3) is 5.91 Å². The molecule has 6 nitrogen and oxygen atoms in total. The van der Waals surface area contributed by atoms with Crippen molar-refractivity contribution in [2.24, 2.45) is 5.92 Å². The summed E-state index contributed by atoms with van der Waals surface area (Å²) in [6.07, 6.45) is 0.885. The highest BCUT2D eigenvalue weighted by Crippen LogP contribution is 2.25. The second-order valence-electron chi connectivity index (χ2n) is 5.45. The molecular weight excluding hydrogens is 276 g/mol. The monoisotopic (exact) mass is 298 g/mol. The lowest BCUT2D eigenvalue weighted by atomic mass is 10.1. The Bertz CT molecular complexity index is 475. The number of nitrogens with one attached hydrogen (secondary N) is 2. The van der Waals surface area contributed by atoms with Crippen LogP contribution in [0.3, 0.4) is 0 Å². The van der Waals surface area contributed by atoms with E-state index < -0.39 is 0 Å². The average molecular weight is 298 g/mol. The summed E-state index contributed by atoms with van der Waals surface area (Å²) in [6, 6.07) is 0.0519. The van der Waals surface area contributed by atoms with E-state index >= 15 is 0 Å². The van der Waals surface area contributed by atoms with Crippen LogP contribution in [0.5, 0.6) is 0 Å². The maximum Gasteiger partial charge on any atom is 0.265 e. The molecule has 2 atom stereocenters. The first-order chi connectivity index (χ1) is 9.47. The normalized spacial score (nSPS) is 22.2. The third kappa shape index (κ3) is 3.61.